The standard InChI is InChI=1S/C22H30N6O2/c1-3-16-8-9-19-17(14-16)15-18(22(29)23-19)20(27-10-6-4-5-7-11-27)21-24-25-26-28(21)12-13-30-2/h8-9,14-15,20H,3-7,10-13H2,1-2H3,(H,23,29)/p+1/t20-/m1/s1. The van der Waals surface area contributed by atoms with Crippen molar-refractivity contribution >= 4 is 10.9 Å². The number of aromatic amines is 1. The summed E-state index contributed by atoms with van der Waals surface area (Å²) in [5, 5.41) is 13.6. The maximum atomic E-state index is 13.2. The maximum Gasteiger partial charge on any atom is 0.258 e. The van der Waals surface area contributed by atoms with Crippen LogP contribution >= 0.6 is 0 Å². The summed E-state index contributed by atoms with van der Waals surface area (Å²) in [4.78, 5) is 17.7. The number of tetrazole rings is 1. The molecule has 8 nitrogen and oxygen atoms in total. The van der Waals surface area contributed by atoms with E-state index in [2.05, 4.69) is 39.6 Å². The molecule has 0 bridgehead atoms. The number of nitrogens with one attached hydrogen (secondary N) is 2. The molecule has 1 aliphatic rings. The molecule has 4 rings (SSSR count). The van der Waals surface area contributed by atoms with Gasteiger partial charge in [-0.3, -0.25) is 4.79 Å². The Hall–Kier alpha value is -2.58. The summed E-state index contributed by atoms with van der Waals surface area (Å²) < 4.78 is 7.03. The average molecular weight is 412 g/mol. The van der Waals surface area contributed by atoms with E-state index in [9.17, 15) is 4.79 Å². The van der Waals surface area contributed by atoms with Crippen LogP contribution in [0, 0.1) is 0 Å². The van der Waals surface area contributed by atoms with Gasteiger partial charge < -0.3 is 14.6 Å². The first-order chi connectivity index (χ1) is 14.7. The number of H-pyrrole nitrogens is 1. The lowest BCUT2D eigenvalue weighted by Crippen LogP contribution is -3.12. The second-order valence-corrected chi connectivity index (χ2v) is 8.09. The van der Waals surface area contributed by atoms with Crippen molar-refractivity contribution in [2.75, 3.05) is 26.8 Å². The lowest BCUT2D eigenvalue weighted by Gasteiger charge is -2.26. The fourth-order valence-corrected chi connectivity index (χ4v) is 4.48. The van der Waals surface area contributed by atoms with Crippen molar-refractivity contribution < 1.29 is 9.64 Å². The highest BCUT2D eigenvalue weighted by molar-refractivity contribution is 5.79. The molecule has 1 atom stereocenters. The maximum absolute atomic E-state index is 13.2. The van der Waals surface area contributed by atoms with E-state index in [4.69, 9.17) is 4.74 Å². The Bertz CT molecular complexity index is 1040. The van der Waals surface area contributed by atoms with Crippen LogP contribution in [0.1, 0.15) is 55.6 Å². The minimum atomic E-state index is -0.201. The zero-order valence-corrected chi connectivity index (χ0v) is 17.9. The quantitative estimate of drug-likeness (QED) is 0.611. The van der Waals surface area contributed by atoms with Gasteiger partial charge in [0.2, 0.25) is 5.82 Å². The molecule has 8 heteroatoms. The summed E-state index contributed by atoms with van der Waals surface area (Å²) >= 11 is 0. The van der Waals surface area contributed by atoms with E-state index in [0.717, 1.165) is 54.6 Å². The minimum absolute atomic E-state index is 0.0604. The van der Waals surface area contributed by atoms with Crippen LogP contribution in [0.4, 0.5) is 0 Å². The number of likely N-dealkylation sites (tertiary alicyclic amines) is 1. The van der Waals surface area contributed by atoms with Crippen LogP contribution in [0.3, 0.4) is 0 Å². The van der Waals surface area contributed by atoms with Gasteiger partial charge >= 0.3 is 0 Å². The molecule has 0 aliphatic carbocycles. The minimum Gasteiger partial charge on any atom is -0.383 e. The van der Waals surface area contributed by atoms with Crippen LogP contribution in [0.25, 0.3) is 10.9 Å². The Morgan fingerprint density at radius 3 is 2.73 bits per heavy atom. The van der Waals surface area contributed by atoms with E-state index in [0.29, 0.717) is 13.2 Å². The number of fused-ring (bicyclic) bond motifs is 1. The molecule has 0 amide bonds. The predicted molar refractivity (Wildman–Crippen MR) is 115 cm³/mol. The van der Waals surface area contributed by atoms with E-state index in [1.807, 2.05) is 12.1 Å². The first-order valence-corrected chi connectivity index (χ1v) is 11.0. The van der Waals surface area contributed by atoms with Crippen LogP contribution in [0.15, 0.2) is 29.1 Å². The van der Waals surface area contributed by atoms with E-state index in [1.165, 1.54) is 23.3 Å². The fraction of sp³-hybridized carbons (Fsp3) is 0.545. The van der Waals surface area contributed by atoms with Crippen molar-refractivity contribution in [2.45, 2.75) is 51.6 Å². The summed E-state index contributed by atoms with van der Waals surface area (Å²) in [6.45, 7) is 5.24. The van der Waals surface area contributed by atoms with Crippen LogP contribution in [0.5, 0.6) is 0 Å². The predicted octanol–water partition coefficient (Wildman–Crippen LogP) is 1.27. The molecule has 1 aromatic carbocycles. The third-order valence-corrected chi connectivity index (χ3v) is 6.14. The van der Waals surface area contributed by atoms with Gasteiger partial charge in [-0.1, -0.05) is 13.0 Å². The number of nitrogens with zero attached hydrogens (tertiary/aromatic N) is 4. The number of benzene rings is 1. The van der Waals surface area contributed by atoms with Crippen molar-refractivity contribution in [3.05, 3.63) is 51.6 Å². The number of pyridine rings is 1. The molecule has 0 saturated carbocycles. The van der Waals surface area contributed by atoms with Crippen LogP contribution in [0.2, 0.25) is 0 Å². The summed E-state index contributed by atoms with van der Waals surface area (Å²) in [7, 11) is 1.67. The van der Waals surface area contributed by atoms with Gasteiger partial charge in [0.15, 0.2) is 6.04 Å². The number of quaternary nitrogens is 1. The molecule has 3 aromatic rings. The summed E-state index contributed by atoms with van der Waals surface area (Å²) in [5.74, 6) is 0.737. The topological polar surface area (TPSA) is 90.1 Å². The van der Waals surface area contributed by atoms with Gasteiger partial charge in [0.1, 0.15) is 0 Å². The highest BCUT2D eigenvalue weighted by Gasteiger charge is 2.34. The second-order valence-electron chi connectivity index (χ2n) is 8.09. The second kappa shape index (κ2) is 9.49. The van der Waals surface area contributed by atoms with E-state index in [-0.39, 0.29) is 11.6 Å². The Kier molecular flexibility index (Phi) is 6.54. The average Bonchev–Trinajstić information content (AvgIpc) is 3.05. The number of methoxy groups -OCH3 is 1. The van der Waals surface area contributed by atoms with Gasteiger partial charge in [0.05, 0.1) is 31.8 Å². The molecule has 0 radical (unpaired) electrons. The number of aryl methyl sites for hydroxylation is 1. The van der Waals surface area contributed by atoms with Crippen molar-refractivity contribution in [3.63, 3.8) is 0 Å². The van der Waals surface area contributed by atoms with Crippen LogP contribution < -0.4 is 10.5 Å². The first-order valence-electron chi connectivity index (χ1n) is 11.0. The highest BCUT2D eigenvalue weighted by Crippen LogP contribution is 2.20. The lowest BCUT2D eigenvalue weighted by molar-refractivity contribution is -0.925. The van der Waals surface area contributed by atoms with Gasteiger partial charge in [-0.05, 0) is 71.7 Å². The third-order valence-electron chi connectivity index (χ3n) is 6.14. The largest absolute Gasteiger partial charge is 0.383 e. The number of aromatic nitrogens is 5. The van der Waals surface area contributed by atoms with E-state index < -0.39 is 0 Å². The Morgan fingerprint density at radius 2 is 2.00 bits per heavy atom. The van der Waals surface area contributed by atoms with Crippen LogP contribution in [-0.4, -0.2) is 52.0 Å². The zero-order chi connectivity index (χ0) is 20.9. The third kappa shape index (κ3) is 4.29. The first kappa shape index (κ1) is 20.7. The molecule has 2 N–H and O–H groups in total. The molecular formula is C22H31N6O2+. The van der Waals surface area contributed by atoms with Gasteiger partial charge in [0, 0.05) is 12.6 Å². The summed E-state index contributed by atoms with van der Waals surface area (Å²) in [6, 6.07) is 8.08. The lowest BCUT2D eigenvalue weighted by atomic mass is 10.0. The zero-order valence-electron chi connectivity index (χ0n) is 17.9. The van der Waals surface area contributed by atoms with Crippen LogP contribution in [-0.2, 0) is 17.7 Å². The molecule has 3 heterocycles. The normalized spacial score (nSPS) is 16.6. The van der Waals surface area contributed by atoms with Gasteiger partial charge in [-0.25, -0.2) is 4.68 Å². The molecule has 30 heavy (non-hydrogen) atoms. The van der Waals surface area contributed by atoms with Crippen molar-refractivity contribution in [1.82, 2.24) is 25.2 Å². The van der Waals surface area contributed by atoms with Crippen molar-refractivity contribution in [3.8, 4) is 0 Å². The fourth-order valence-electron chi connectivity index (χ4n) is 4.48. The Labute approximate surface area is 176 Å². The summed E-state index contributed by atoms with van der Waals surface area (Å²) in [6.07, 6.45) is 5.73. The molecule has 2 aromatic heterocycles. The molecular weight excluding hydrogens is 380 g/mol. The van der Waals surface area contributed by atoms with Crippen molar-refractivity contribution in [2.24, 2.45) is 0 Å². The van der Waals surface area contributed by atoms with Gasteiger partial charge in [0.25, 0.3) is 5.56 Å². The molecule has 1 aliphatic heterocycles. The molecule has 1 saturated heterocycles. The molecule has 0 unspecified atom stereocenters. The number of hydrogen-bond acceptors (Lipinski definition) is 5. The SMILES string of the molecule is CCc1ccc2[nH]c(=O)c([C@H](c3nnnn3CCOC)[NH+]3CCCCCC3)cc2c1. The highest BCUT2D eigenvalue weighted by atomic mass is 16.5. The van der Waals surface area contributed by atoms with E-state index in [1.54, 1.807) is 11.8 Å². The number of rotatable bonds is 7. The number of ether oxygens (including phenoxy) is 1. The number of hydrogen-bond donors (Lipinski definition) is 2. The van der Waals surface area contributed by atoms with E-state index >= 15 is 0 Å². The Morgan fingerprint density at radius 1 is 1.20 bits per heavy atom. The molecule has 0 spiro atoms. The molecule has 160 valence electrons. The van der Waals surface area contributed by atoms with Crippen molar-refractivity contribution in [1.29, 1.82) is 0 Å². The van der Waals surface area contributed by atoms with Gasteiger partial charge in [-0.15, -0.1) is 5.10 Å². The smallest absolute Gasteiger partial charge is 0.258 e. The van der Waals surface area contributed by atoms with Gasteiger partial charge in [-0.2, -0.15) is 0 Å². The summed E-state index contributed by atoms with van der Waals surface area (Å²) in [5.41, 5.74) is 2.80. The molecule has 1 fully saturated rings. The Balaban J connectivity index is 1.84. The monoisotopic (exact) mass is 411 g/mol.